The Bertz CT molecular complexity index is 838. The van der Waals surface area contributed by atoms with Crippen LogP contribution in [0.25, 0.3) is 0 Å². The molecule has 45 heavy (non-hydrogen) atoms. The average molecular weight is 664 g/mol. The maximum atomic E-state index is 12.5. The second kappa shape index (κ2) is 29.6. The molecule has 0 rings (SSSR count). The van der Waals surface area contributed by atoms with Crippen molar-refractivity contribution in [2.24, 2.45) is 5.73 Å². The summed E-state index contributed by atoms with van der Waals surface area (Å²) in [5, 5.41) is 8.82. The highest BCUT2D eigenvalue weighted by Crippen LogP contribution is 2.43. The smallest absolute Gasteiger partial charge is 0.472 e. The molecule has 0 aromatic carbocycles. The van der Waals surface area contributed by atoms with Gasteiger partial charge < -0.3 is 25.2 Å². The Hall–Kier alpha value is -1.78. The van der Waals surface area contributed by atoms with Crippen molar-refractivity contribution in [1.82, 2.24) is 0 Å². The molecule has 0 bridgehead atoms. The highest BCUT2D eigenvalue weighted by molar-refractivity contribution is 7.47. The minimum atomic E-state index is -4.70. The van der Waals surface area contributed by atoms with E-state index in [9.17, 15) is 23.8 Å². The molecule has 0 aliphatic rings. The molecule has 0 aliphatic carbocycles. The Morgan fingerprint density at radius 1 is 0.667 bits per heavy atom. The number of aliphatic carboxylic acids is 1. The largest absolute Gasteiger partial charge is 0.480 e. The number of unbranched alkanes of at least 4 members (excludes halogenated alkanes) is 16. The van der Waals surface area contributed by atoms with Crippen molar-refractivity contribution < 1.29 is 47.5 Å². The maximum Gasteiger partial charge on any atom is 0.472 e. The van der Waals surface area contributed by atoms with Gasteiger partial charge in [0.25, 0.3) is 0 Å². The lowest BCUT2D eigenvalue weighted by atomic mass is 10.1. The van der Waals surface area contributed by atoms with E-state index >= 15 is 0 Å². The van der Waals surface area contributed by atoms with Gasteiger partial charge in [0.1, 0.15) is 12.6 Å². The first-order chi connectivity index (χ1) is 21.6. The van der Waals surface area contributed by atoms with Gasteiger partial charge in [-0.15, -0.1) is 0 Å². The standard InChI is InChI=1S/C33H62NO10P/c1-3-5-7-9-11-13-15-17-19-21-23-25-32(36)44-29(27-42-45(39,40)43-28-30(34)33(37)38)26-41-31(35)24-22-20-18-16-14-12-10-8-6-4-2/h9,11,29-30H,3-8,10,12-28,34H2,1-2H3,(H,37,38)(H,39,40)/b11-9+/t29-,30+/m1/s1. The first-order valence-corrected chi connectivity index (χ1v) is 18.7. The molecule has 1 unspecified atom stereocenters. The van der Waals surface area contributed by atoms with Gasteiger partial charge in [0.05, 0.1) is 13.2 Å². The van der Waals surface area contributed by atoms with Crippen molar-refractivity contribution in [3.05, 3.63) is 12.2 Å². The molecular weight excluding hydrogens is 601 g/mol. The Morgan fingerprint density at radius 2 is 1.13 bits per heavy atom. The molecule has 0 aromatic rings. The first-order valence-electron chi connectivity index (χ1n) is 17.2. The van der Waals surface area contributed by atoms with Crippen LogP contribution in [0.4, 0.5) is 0 Å². The Kier molecular flexibility index (Phi) is 28.4. The van der Waals surface area contributed by atoms with Crippen LogP contribution in [0.1, 0.15) is 149 Å². The molecule has 11 nitrogen and oxygen atoms in total. The molecule has 0 fully saturated rings. The second-order valence-corrected chi connectivity index (χ2v) is 13.1. The third kappa shape index (κ3) is 29.4. The number of carboxylic acids is 1. The van der Waals surface area contributed by atoms with Crippen LogP contribution in [0.5, 0.6) is 0 Å². The van der Waals surface area contributed by atoms with Crippen molar-refractivity contribution in [3.8, 4) is 0 Å². The zero-order chi connectivity index (χ0) is 33.6. The summed E-state index contributed by atoms with van der Waals surface area (Å²) in [7, 11) is -4.70. The van der Waals surface area contributed by atoms with Crippen LogP contribution in [0.3, 0.4) is 0 Å². The monoisotopic (exact) mass is 663 g/mol. The predicted octanol–water partition coefficient (Wildman–Crippen LogP) is 7.78. The zero-order valence-electron chi connectivity index (χ0n) is 28.0. The van der Waals surface area contributed by atoms with Crippen LogP contribution in [0.15, 0.2) is 12.2 Å². The number of phosphoric ester groups is 1. The summed E-state index contributed by atoms with van der Waals surface area (Å²) in [6.45, 7) is 2.70. The number of phosphoric acid groups is 1. The van der Waals surface area contributed by atoms with E-state index in [1.54, 1.807) is 0 Å². The van der Waals surface area contributed by atoms with E-state index in [4.69, 9.17) is 24.8 Å². The van der Waals surface area contributed by atoms with Crippen molar-refractivity contribution in [2.75, 3.05) is 19.8 Å². The summed E-state index contributed by atoms with van der Waals surface area (Å²) in [4.78, 5) is 45.5. The minimum Gasteiger partial charge on any atom is -0.480 e. The number of allylic oxidation sites excluding steroid dienone is 2. The van der Waals surface area contributed by atoms with Crippen LogP contribution >= 0.6 is 7.82 Å². The van der Waals surface area contributed by atoms with Crippen molar-refractivity contribution in [2.45, 2.75) is 161 Å². The third-order valence-electron chi connectivity index (χ3n) is 7.26. The van der Waals surface area contributed by atoms with Crippen LogP contribution in [-0.4, -0.2) is 59.9 Å². The SMILES string of the molecule is CCCC/C=C/CCCCCCCC(=O)O[C@H](COC(=O)CCCCCCCCCCCC)COP(=O)(O)OC[C@H](N)C(=O)O. The van der Waals surface area contributed by atoms with Gasteiger partial charge in [-0.05, 0) is 32.1 Å². The molecule has 0 radical (unpaired) electrons. The average Bonchev–Trinajstić information content (AvgIpc) is 3.00. The number of hydrogen-bond acceptors (Lipinski definition) is 9. The Labute approximate surface area is 271 Å². The number of hydrogen-bond donors (Lipinski definition) is 3. The molecule has 264 valence electrons. The molecule has 3 atom stereocenters. The number of carbonyl (C=O) groups excluding carboxylic acids is 2. The Balaban J connectivity index is 4.52. The molecule has 0 saturated carbocycles. The fourth-order valence-electron chi connectivity index (χ4n) is 4.46. The predicted molar refractivity (Wildman–Crippen MR) is 176 cm³/mol. The van der Waals surface area contributed by atoms with Crippen molar-refractivity contribution >= 4 is 25.7 Å². The fourth-order valence-corrected chi connectivity index (χ4v) is 5.23. The van der Waals surface area contributed by atoms with E-state index in [2.05, 4.69) is 30.5 Å². The van der Waals surface area contributed by atoms with Gasteiger partial charge in [-0.2, -0.15) is 0 Å². The molecule has 0 aliphatic heterocycles. The molecular formula is C33H62NO10P. The second-order valence-electron chi connectivity index (χ2n) is 11.7. The number of ether oxygens (including phenoxy) is 2. The lowest BCUT2D eigenvalue weighted by molar-refractivity contribution is -0.161. The number of rotatable bonds is 32. The highest BCUT2D eigenvalue weighted by atomic mass is 31.2. The Morgan fingerprint density at radius 3 is 1.69 bits per heavy atom. The van der Waals surface area contributed by atoms with Gasteiger partial charge in [0.15, 0.2) is 6.10 Å². The molecule has 4 N–H and O–H groups in total. The van der Waals surface area contributed by atoms with Crippen LogP contribution in [0.2, 0.25) is 0 Å². The van der Waals surface area contributed by atoms with E-state index < -0.39 is 51.1 Å². The minimum absolute atomic E-state index is 0.153. The van der Waals surface area contributed by atoms with Gasteiger partial charge in [0.2, 0.25) is 0 Å². The quantitative estimate of drug-likeness (QED) is 0.0278. The molecule has 0 amide bonds. The molecule has 12 heteroatoms. The van der Waals surface area contributed by atoms with Crippen LogP contribution < -0.4 is 5.73 Å². The number of carboxylic acid groups (broad SMARTS) is 1. The van der Waals surface area contributed by atoms with Gasteiger partial charge in [0, 0.05) is 12.8 Å². The van der Waals surface area contributed by atoms with Crippen molar-refractivity contribution in [1.29, 1.82) is 0 Å². The molecule has 0 spiro atoms. The number of nitrogens with two attached hydrogens (primary N) is 1. The summed E-state index contributed by atoms with van der Waals surface area (Å²) < 4.78 is 32.4. The topological polar surface area (TPSA) is 172 Å². The van der Waals surface area contributed by atoms with Gasteiger partial charge in [-0.25, -0.2) is 4.57 Å². The van der Waals surface area contributed by atoms with Gasteiger partial charge in [-0.3, -0.25) is 23.4 Å². The lowest BCUT2D eigenvalue weighted by Gasteiger charge is -2.20. The van der Waals surface area contributed by atoms with Crippen LogP contribution in [-0.2, 0) is 37.5 Å². The van der Waals surface area contributed by atoms with E-state index in [1.807, 2.05) is 0 Å². The summed E-state index contributed by atoms with van der Waals surface area (Å²) in [6, 6.07) is -1.52. The zero-order valence-corrected chi connectivity index (χ0v) is 28.9. The van der Waals surface area contributed by atoms with Crippen LogP contribution in [0, 0.1) is 0 Å². The normalized spacial score (nSPS) is 14.2. The maximum absolute atomic E-state index is 12.5. The molecule has 0 aromatic heterocycles. The van der Waals surface area contributed by atoms with Gasteiger partial charge in [-0.1, -0.05) is 116 Å². The summed E-state index contributed by atoms with van der Waals surface area (Å²) in [6.07, 6.45) is 24.4. The number of carbonyl (C=O) groups is 3. The summed E-state index contributed by atoms with van der Waals surface area (Å²) in [5.74, 6) is -2.39. The molecule has 0 saturated heterocycles. The van der Waals surface area contributed by atoms with E-state index in [0.717, 1.165) is 57.8 Å². The lowest BCUT2D eigenvalue weighted by Crippen LogP contribution is -2.34. The van der Waals surface area contributed by atoms with E-state index in [0.29, 0.717) is 12.8 Å². The fraction of sp³-hybridized carbons (Fsp3) is 0.848. The summed E-state index contributed by atoms with van der Waals surface area (Å²) in [5.41, 5.74) is 5.29. The van der Waals surface area contributed by atoms with Gasteiger partial charge >= 0.3 is 25.7 Å². The van der Waals surface area contributed by atoms with E-state index in [1.165, 1.54) is 51.4 Å². The molecule has 0 heterocycles. The number of esters is 2. The first kappa shape index (κ1) is 43.2. The highest BCUT2D eigenvalue weighted by Gasteiger charge is 2.28. The van der Waals surface area contributed by atoms with Crippen molar-refractivity contribution in [3.63, 3.8) is 0 Å². The third-order valence-corrected chi connectivity index (χ3v) is 8.21. The van der Waals surface area contributed by atoms with E-state index in [-0.39, 0.29) is 19.4 Å². The summed E-state index contributed by atoms with van der Waals surface area (Å²) >= 11 is 0.